The summed E-state index contributed by atoms with van der Waals surface area (Å²) in [4.78, 5) is 0. The molecule has 21 heavy (non-hydrogen) atoms. The number of hydrogen-bond acceptors (Lipinski definition) is 5. The molecule has 0 aliphatic heterocycles. The van der Waals surface area contributed by atoms with Crippen molar-refractivity contribution in [1.29, 1.82) is 0 Å². The van der Waals surface area contributed by atoms with E-state index in [0.717, 1.165) is 12.0 Å². The lowest BCUT2D eigenvalue weighted by Crippen LogP contribution is -3.00. The molecule has 4 nitrogen and oxygen atoms in total. The van der Waals surface area contributed by atoms with E-state index < -0.39 is 0 Å². The summed E-state index contributed by atoms with van der Waals surface area (Å²) in [6, 6.07) is 6.22. The van der Waals surface area contributed by atoms with Crippen molar-refractivity contribution in [3.8, 4) is 0 Å². The van der Waals surface area contributed by atoms with E-state index in [1.807, 2.05) is 6.07 Å². The van der Waals surface area contributed by atoms with E-state index in [-0.39, 0.29) is 30.2 Å². The molecule has 0 radical (unpaired) electrons. The maximum atomic E-state index is 13.1. The molecule has 116 valence electrons. The molecule has 2 aromatic rings. The smallest absolute Gasteiger partial charge is 0.276 e. The highest BCUT2D eigenvalue weighted by Gasteiger charge is 2.19. The van der Waals surface area contributed by atoms with Crippen molar-refractivity contribution in [2.45, 2.75) is 37.3 Å². The molecule has 0 aliphatic rings. The standard InChI is InChI=1S/C14H18FN3OS.ClH/c1-3-9(2)12(16)13-17-18-14(19-13)20-8-10-5-4-6-11(15)7-10;/h4-7,9,12H,3,8,16H2,1-2H3;1H/p-1/t9?,12-;/m0./s1. The molecule has 2 N–H and O–H groups in total. The number of halogens is 2. The normalized spacial score (nSPS) is 13.5. The van der Waals surface area contributed by atoms with Gasteiger partial charge in [-0.2, -0.15) is 0 Å². The van der Waals surface area contributed by atoms with Crippen molar-refractivity contribution in [2.24, 2.45) is 11.7 Å². The van der Waals surface area contributed by atoms with Crippen LogP contribution in [-0.4, -0.2) is 10.2 Å². The summed E-state index contributed by atoms with van der Waals surface area (Å²) in [7, 11) is 0. The number of nitrogens with zero attached hydrogens (tertiary/aromatic N) is 2. The van der Waals surface area contributed by atoms with Gasteiger partial charge in [-0.15, -0.1) is 10.2 Å². The van der Waals surface area contributed by atoms with E-state index >= 15 is 0 Å². The van der Waals surface area contributed by atoms with Crippen LogP contribution in [0, 0.1) is 11.7 Å². The third-order valence-corrected chi connectivity index (χ3v) is 4.11. The van der Waals surface area contributed by atoms with Crippen molar-refractivity contribution in [3.05, 3.63) is 41.5 Å². The van der Waals surface area contributed by atoms with Gasteiger partial charge in [-0.1, -0.05) is 44.2 Å². The van der Waals surface area contributed by atoms with Crippen LogP contribution in [0.5, 0.6) is 0 Å². The Kier molecular flexibility index (Phi) is 7.14. The first-order valence-electron chi connectivity index (χ1n) is 6.56. The molecular formula is C14H18ClFN3OS-. The third kappa shape index (κ3) is 4.98. The number of aromatic nitrogens is 2. The maximum absolute atomic E-state index is 13.1. The second-order valence-electron chi connectivity index (χ2n) is 4.74. The molecule has 7 heteroatoms. The fourth-order valence-electron chi connectivity index (χ4n) is 1.68. The molecule has 0 saturated carbocycles. The van der Waals surface area contributed by atoms with Crippen LogP contribution in [0.25, 0.3) is 0 Å². The first kappa shape index (κ1) is 17.9. The highest BCUT2D eigenvalue weighted by atomic mass is 35.5. The van der Waals surface area contributed by atoms with Gasteiger partial charge >= 0.3 is 0 Å². The zero-order valence-electron chi connectivity index (χ0n) is 11.9. The Hall–Kier alpha value is -1.11. The molecule has 1 aromatic heterocycles. The van der Waals surface area contributed by atoms with E-state index in [2.05, 4.69) is 24.0 Å². The SMILES string of the molecule is CCC(C)[C@H](N)c1nnc(SCc2cccc(F)c2)o1.[Cl-]. The summed E-state index contributed by atoms with van der Waals surface area (Å²) in [5, 5.41) is 8.40. The van der Waals surface area contributed by atoms with E-state index in [0.29, 0.717) is 16.9 Å². The number of hydrogen-bond donors (Lipinski definition) is 1. The Bertz CT molecular complexity index is 567. The fraction of sp³-hybridized carbons (Fsp3) is 0.429. The number of nitrogens with two attached hydrogens (primary N) is 1. The van der Waals surface area contributed by atoms with Gasteiger partial charge in [-0.25, -0.2) is 4.39 Å². The minimum atomic E-state index is -0.242. The van der Waals surface area contributed by atoms with Gasteiger partial charge in [0.15, 0.2) is 0 Å². The van der Waals surface area contributed by atoms with Crippen LogP contribution in [0.15, 0.2) is 33.9 Å². The van der Waals surface area contributed by atoms with Crippen LogP contribution < -0.4 is 18.1 Å². The highest BCUT2D eigenvalue weighted by Crippen LogP contribution is 2.26. The average molecular weight is 331 g/mol. The van der Waals surface area contributed by atoms with Crippen LogP contribution >= 0.6 is 11.8 Å². The van der Waals surface area contributed by atoms with E-state index in [9.17, 15) is 4.39 Å². The second-order valence-corrected chi connectivity index (χ2v) is 5.66. The molecular weight excluding hydrogens is 313 g/mol. The van der Waals surface area contributed by atoms with Crippen LogP contribution in [0.2, 0.25) is 0 Å². The predicted octanol–water partition coefficient (Wildman–Crippen LogP) is 0.551. The Balaban J connectivity index is 0.00000220. The van der Waals surface area contributed by atoms with Gasteiger partial charge in [0.05, 0.1) is 6.04 Å². The zero-order chi connectivity index (χ0) is 14.5. The zero-order valence-corrected chi connectivity index (χ0v) is 13.5. The second kappa shape index (κ2) is 8.36. The first-order chi connectivity index (χ1) is 9.60. The van der Waals surface area contributed by atoms with Crippen molar-refractivity contribution < 1.29 is 21.2 Å². The molecule has 0 amide bonds. The van der Waals surface area contributed by atoms with Crippen LogP contribution in [0.3, 0.4) is 0 Å². The average Bonchev–Trinajstić information content (AvgIpc) is 2.92. The lowest BCUT2D eigenvalue weighted by Gasteiger charge is -2.13. The number of benzene rings is 1. The summed E-state index contributed by atoms with van der Waals surface area (Å²) in [6.45, 7) is 4.12. The summed E-state index contributed by atoms with van der Waals surface area (Å²) in [5.74, 6) is 1.09. The van der Waals surface area contributed by atoms with Gasteiger partial charge in [0.2, 0.25) is 5.89 Å². The largest absolute Gasteiger partial charge is 1.00 e. The molecule has 1 unspecified atom stereocenters. The van der Waals surface area contributed by atoms with Crippen LogP contribution in [0.1, 0.15) is 37.8 Å². The summed E-state index contributed by atoms with van der Waals surface area (Å²) in [5.41, 5.74) is 6.91. The Labute approximate surface area is 134 Å². The van der Waals surface area contributed by atoms with Gasteiger partial charge in [0.25, 0.3) is 5.22 Å². The lowest BCUT2D eigenvalue weighted by atomic mass is 10.0. The molecule has 0 spiro atoms. The Morgan fingerprint density at radius 1 is 1.38 bits per heavy atom. The van der Waals surface area contributed by atoms with Crippen LogP contribution in [0.4, 0.5) is 4.39 Å². The molecule has 0 aliphatic carbocycles. The number of thioether (sulfide) groups is 1. The lowest BCUT2D eigenvalue weighted by molar-refractivity contribution is -0.00000559. The fourth-order valence-corrected chi connectivity index (χ4v) is 2.40. The monoisotopic (exact) mass is 330 g/mol. The molecule has 0 saturated heterocycles. The summed E-state index contributed by atoms with van der Waals surface area (Å²) < 4.78 is 18.6. The van der Waals surface area contributed by atoms with Gasteiger partial charge in [0.1, 0.15) is 5.82 Å². The maximum Gasteiger partial charge on any atom is 0.276 e. The molecule has 1 aromatic carbocycles. The van der Waals surface area contributed by atoms with Gasteiger partial charge in [0, 0.05) is 5.75 Å². The molecule has 0 bridgehead atoms. The van der Waals surface area contributed by atoms with Crippen molar-refractivity contribution in [2.75, 3.05) is 0 Å². The number of rotatable bonds is 6. The summed E-state index contributed by atoms with van der Waals surface area (Å²) in [6.07, 6.45) is 0.954. The van der Waals surface area contributed by atoms with Crippen molar-refractivity contribution in [1.82, 2.24) is 10.2 Å². The highest BCUT2D eigenvalue weighted by molar-refractivity contribution is 7.98. The Morgan fingerprint density at radius 3 is 2.81 bits per heavy atom. The molecule has 2 atom stereocenters. The molecule has 0 fully saturated rings. The first-order valence-corrected chi connectivity index (χ1v) is 7.55. The predicted molar refractivity (Wildman–Crippen MR) is 76.6 cm³/mol. The van der Waals surface area contributed by atoms with E-state index in [4.69, 9.17) is 10.2 Å². The topological polar surface area (TPSA) is 64.9 Å². The quantitative estimate of drug-likeness (QED) is 0.784. The minimum absolute atomic E-state index is 0. The summed E-state index contributed by atoms with van der Waals surface area (Å²) >= 11 is 1.38. The van der Waals surface area contributed by atoms with Crippen molar-refractivity contribution in [3.63, 3.8) is 0 Å². The van der Waals surface area contributed by atoms with E-state index in [1.165, 1.54) is 23.9 Å². The van der Waals surface area contributed by atoms with Gasteiger partial charge in [-0.05, 0) is 23.6 Å². The Morgan fingerprint density at radius 2 is 2.14 bits per heavy atom. The molecule has 2 rings (SSSR count). The van der Waals surface area contributed by atoms with Gasteiger partial charge < -0.3 is 22.6 Å². The van der Waals surface area contributed by atoms with Crippen LogP contribution in [-0.2, 0) is 5.75 Å². The van der Waals surface area contributed by atoms with Crippen molar-refractivity contribution >= 4 is 11.8 Å². The van der Waals surface area contributed by atoms with E-state index in [1.54, 1.807) is 6.07 Å². The van der Waals surface area contributed by atoms with Gasteiger partial charge in [-0.3, -0.25) is 0 Å². The third-order valence-electron chi connectivity index (χ3n) is 3.22. The molecule has 1 heterocycles. The minimum Gasteiger partial charge on any atom is -1.00 e.